The Morgan fingerprint density at radius 3 is 2.62 bits per heavy atom. The summed E-state index contributed by atoms with van der Waals surface area (Å²) >= 11 is 6.64. The summed E-state index contributed by atoms with van der Waals surface area (Å²) < 4.78 is 13.0. The van der Waals surface area contributed by atoms with Gasteiger partial charge < -0.3 is 14.1 Å². The molecule has 1 N–H and O–H groups in total. The van der Waals surface area contributed by atoms with Crippen LogP contribution in [0.1, 0.15) is 34.3 Å². The fourth-order valence-corrected chi connectivity index (χ4v) is 5.36. The van der Waals surface area contributed by atoms with Gasteiger partial charge in [0.25, 0.3) is 5.56 Å². The van der Waals surface area contributed by atoms with E-state index in [4.69, 9.17) is 20.8 Å². The molecule has 0 saturated carbocycles. The van der Waals surface area contributed by atoms with Crippen molar-refractivity contribution in [2.75, 3.05) is 7.11 Å². The first kappa shape index (κ1) is 27.4. The van der Waals surface area contributed by atoms with E-state index in [-0.39, 0.29) is 5.56 Å². The molecule has 6 rings (SSSR count). The number of methoxy groups -OCH3 is 1. The number of halogens is 1. The first-order valence-corrected chi connectivity index (χ1v) is 14.0. The minimum Gasteiger partial charge on any atom is -0.497 e. The molecule has 0 aliphatic heterocycles. The van der Waals surface area contributed by atoms with Crippen LogP contribution in [0.2, 0.25) is 5.02 Å². The quantitative estimate of drug-likeness (QED) is 0.206. The zero-order chi connectivity index (χ0) is 28.9. The highest BCUT2D eigenvalue weighted by molar-refractivity contribution is 6.31. The smallest absolute Gasteiger partial charge is 0.253 e. The lowest BCUT2D eigenvalue weighted by atomic mass is 10.0. The van der Waals surface area contributed by atoms with Gasteiger partial charge in [-0.1, -0.05) is 60.1 Å². The lowest BCUT2D eigenvalue weighted by Gasteiger charge is -2.30. The maximum atomic E-state index is 13.8. The Morgan fingerprint density at radius 1 is 1.00 bits per heavy atom. The van der Waals surface area contributed by atoms with E-state index >= 15 is 0 Å². The first-order chi connectivity index (χ1) is 20.6. The van der Waals surface area contributed by atoms with E-state index in [1.165, 1.54) is 0 Å². The Bertz CT molecular complexity index is 1830. The molecule has 42 heavy (non-hydrogen) atoms. The number of nitrogens with zero attached hydrogens (tertiary/aromatic N) is 5. The van der Waals surface area contributed by atoms with Crippen LogP contribution in [-0.2, 0) is 26.1 Å². The summed E-state index contributed by atoms with van der Waals surface area (Å²) in [4.78, 5) is 19.0. The third-order valence-corrected chi connectivity index (χ3v) is 7.64. The van der Waals surface area contributed by atoms with E-state index in [0.29, 0.717) is 47.3 Å². The number of aromatic nitrogens is 5. The van der Waals surface area contributed by atoms with Crippen molar-refractivity contribution in [1.82, 2.24) is 30.1 Å². The molecule has 212 valence electrons. The van der Waals surface area contributed by atoms with Gasteiger partial charge in [0.15, 0.2) is 5.82 Å². The SMILES string of the molecule is COc1ccc2[nH]c(=O)c([C@H](c3nnnn3CCc3ccccc3)N(Cc3ccco3)Cc3ccccc3Cl)cc2c1. The average Bonchev–Trinajstić information content (AvgIpc) is 3.70. The van der Waals surface area contributed by atoms with Gasteiger partial charge in [-0.05, 0) is 70.4 Å². The minimum atomic E-state index is -0.642. The number of hydrogen-bond acceptors (Lipinski definition) is 7. The van der Waals surface area contributed by atoms with Crippen molar-refractivity contribution < 1.29 is 9.15 Å². The van der Waals surface area contributed by atoms with Gasteiger partial charge in [-0.25, -0.2) is 4.68 Å². The molecule has 9 nitrogen and oxygen atoms in total. The second-order valence-corrected chi connectivity index (χ2v) is 10.4. The molecule has 0 fully saturated rings. The third-order valence-electron chi connectivity index (χ3n) is 7.27. The summed E-state index contributed by atoms with van der Waals surface area (Å²) in [6.07, 6.45) is 2.36. The van der Waals surface area contributed by atoms with Crippen LogP contribution in [-0.4, -0.2) is 37.2 Å². The van der Waals surface area contributed by atoms with Gasteiger partial charge in [-0.15, -0.1) is 5.10 Å². The zero-order valence-corrected chi connectivity index (χ0v) is 23.7. The lowest BCUT2D eigenvalue weighted by molar-refractivity contribution is 0.179. The molecular formula is C32H29ClN6O3. The molecule has 6 aromatic rings. The number of hydrogen-bond donors (Lipinski definition) is 1. The summed E-state index contributed by atoms with van der Waals surface area (Å²) in [5.41, 5.74) is 3.02. The van der Waals surface area contributed by atoms with E-state index in [0.717, 1.165) is 28.7 Å². The maximum absolute atomic E-state index is 13.8. The Labute approximate surface area is 247 Å². The zero-order valence-electron chi connectivity index (χ0n) is 23.0. The predicted molar refractivity (Wildman–Crippen MR) is 160 cm³/mol. The number of ether oxygens (including phenoxy) is 1. The summed E-state index contributed by atoms with van der Waals surface area (Å²) in [6, 6.07) is 28.4. The van der Waals surface area contributed by atoms with Crippen LogP contribution >= 0.6 is 11.6 Å². The Morgan fingerprint density at radius 2 is 1.83 bits per heavy atom. The molecule has 3 aromatic carbocycles. The summed E-state index contributed by atoms with van der Waals surface area (Å²) in [6.45, 7) is 1.32. The topological polar surface area (TPSA) is 102 Å². The van der Waals surface area contributed by atoms with Crippen molar-refractivity contribution in [2.45, 2.75) is 32.1 Å². The summed E-state index contributed by atoms with van der Waals surface area (Å²) in [5, 5.41) is 14.4. The molecule has 0 spiro atoms. The van der Waals surface area contributed by atoms with Crippen molar-refractivity contribution in [3.8, 4) is 5.75 Å². The van der Waals surface area contributed by atoms with Gasteiger partial charge in [0.05, 0.1) is 19.9 Å². The molecular weight excluding hydrogens is 552 g/mol. The average molecular weight is 581 g/mol. The minimum absolute atomic E-state index is 0.237. The van der Waals surface area contributed by atoms with Crippen molar-refractivity contribution in [1.29, 1.82) is 0 Å². The van der Waals surface area contributed by atoms with Crippen molar-refractivity contribution >= 4 is 22.5 Å². The van der Waals surface area contributed by atoms with Crippen LogP contribution < -0.4 is 10.3 Å². The largest absolute Gasteiger partial charge is 0.497 e. The number of tetrazole rings is 1. The number of nitrogens with one attached hydrogen (secondary N) is 1. The van der Waals surface area contributed by atoms with Crippen LogP contribution in [0, 0.1) is 0 Å². The predicted octanol–water partition coefficient (Wildman–Crippen LogP) is 5.80. The van der Waals surface area contributed by atoms with Gasteiger partial charge in [0.2, 0.25) is 0 Å². The standard InChI is InChI=1S/C32H29ClN6O3/c1-41-25-13-14-29-24(18-25)19-27(32(40)34-29)30(31-35-36-37-39(31)16-15-22-8-3-2-4-9-22)38(21-26-11-7-17-42-26)20-23-10-5-6-12-28(23)33/h2-14,17-19,30H,15-16,20-21H2,1H3,(H,34,40)/t30-/m1/s1. The molecule has 1 atom stereocenters. The van der Waals surface area contributed by atoms with E-state index in [9.17, 15) is 4.79 Å². The molecule has 0 saturated heterocycles. The van der Waals surface area contributed by atoms with Crippen molar-refractivity contribution in [2.24, 2.45) is 0 Å². The van der Waals surface area contributed by atoms with E-state index in [1.54, 1.807) is 18.1 Å². The number of rotatable bonds is 11. The second kappa shape index (κ2) is 12.4. The summed E-state index contributed by atoms with van der Waals surface area (Å²) in [7, 11) is 1.62. The highest BCUT2D eigenvalue weighted by Gasteiger charge is 2.32. The second-order valence-electron chi connectivity index (χ2n) is 9.98. The maximum Gasteiger partial charge on any atom is 0.253 e. The molecule has 0 aliphatic carbocycles. The van der Waals surface area contributed by atoms with Crippen LogP contribution in [0.5, 0.6) is 5.75 Å². The molecule has 0 bridgehead atoms. The third kappa shape index (κ3) is 5.97. The molecule has 0 radical (unpaired) electrons. The number of pyridine rings is 1. The number of fused-ring (bicyclic) bond motifs is 1. The van der Waals surface area contributed by atoms with Crippen LogP contribution in [0.25, 0.3) is 10.9 Å². The van der Waals surface area contributed by atoms with Crippen LogP contribution in [0.3, 0.4) is 0 Å². The number of H-pyrrole nitrogens is 1. The molecule has 10 heteroatoms. The van der Waals surface area contributed by atoms with E-state index in [1.807, 2.05) is 78.9 Å². The number of benzene rings is 3. The van der Waals surface area contributed by atoms with Gasteiger partial charge in [-0.3, -0.25) is 9.69 Å². The van der Waals surface area contributed by atoms with Crippen molar-refractivity contribution in [3.63, 3.8) is 0 Å². The normalized spacial score (nSPS) is 12.2. The fraction of sp³-hybridized carbons (Fsp3) is 0.188. The van der Waals surface area contributed by atoms with Crippen LogP contribution in [0.15, 0.2) is 106 Å². The molecule has 0 unspecified atom stereocenters. The van der Waals surface area contributed by atoms with E-state index in [2.05, 4.69) is 37.5 Å². The number of furan rings is 1. The summed E-state index contributed by atoms with van der Waals surface area (Å²) in [5.74, 6) is 1.96. The van der Waals surface area contributed by atoms with Crippen LogP contribution in [0.4, 0.5) is 0 Å². The van der Waals surface area contributed by atoms with Crippen molar-refractivity contribution in [3.05, 3.63) is 141 Å². The lowest BCUT2D eigenvalue weighted by Crippen LogP contribution is -2.35. The molecule has 0 amide bonds. The molecule has 0 aliphatic rings. The van der Waals surface area contributed by atoms with Gasteiger partial charge in [0.1, 0.15) is 17.6 Å². The fourth-order valence-electron chi connectivity index (χ4n) is 5.16. The van der Waals surface area contributed by atoms with E-state index < -0.39 is 6.04 Å². The highest BCUT2D eigenvalue weighted by atomic mass is 35.5. The Kier molecular flexibility index (Phi) is 8.12. The number of aryl methyl sites for hydroxylation is 2. The Balaban J connectivity index is 1.50. The first-order valence-electron chi connectivity index (χ1n) is 13.6. The molecule has 3 heterocycles. The Hall–Kier alpha value is -4.73. The highest BCUT2D eigenvalue weighted by Crippen LogP contribution is 2.32. The van der Waals surface area contributed by atoms with Gasteiger partial charge in [0, 0.05) is 34.6 Å². The van der Waals surface area contributed by atoms with Gasteiger partial charge >= 0.3 is 0 Å². The number of aromatic amines is 1. The van der Waals surface area contributed by atoms with Gasteiger partial charge in [-0.2, -0.15) is 0 Å². The monoisotopic (exact) mass is 580 g/mol. The molecule has 3 aromatic heterocycles.